The van der Waals surface area contributed by atoms with Crippen LogP contribution in [0.2, 0.25) is 0 Å². The molecule has 0 aromatic carbocycles. The molecule has 0 bridgehead atoms. The molecule has 0 saturated carbocycles. The van der Waals surface area contributed by atoms with Crippen LogP contribution in [0.25, 0.3) is 0 Å². The van der Waals surface area contributed by atoms with Gasteiger partial charge in [0.15, 0.2) is 5.96 Å². The number of aromatic nitrogens is 1. The molecule has 0 fully saturated rings. The Labute approximate surface area is 156 Å². The summed E-state index contributed by atoms with van der Waals surface area (Å²) in [6.45, 7) is 8.00. The van der Waals surface area contributed by atoms with Gasteiger partial charge in [-0.25, -0.2) is 9.98 Å². The predicted octanol–water partition coefficient (Wildman–Crippen LogP) is 2.58. The van der Waals surface area contributed by atoms with Gasteiger partial charge in [-0.05, 0) is 38.3 Å². The summed E-state index contributed by atoms with van der Waals surface area (Å²) in [7, 11) is 1.61. The summed E-state index contributed by atoms with van der Waals surface area (Å²) in [4.78, 5) is 8.67. The van der Waals surface area contributed by atoms with Crippen molar-refractivity contribution in [3.63, 3.8) is 0 Å². The van der Waals surface area contributed by atoms with Crippen molar-refractivity contribution >= 4 is 29.9 Å². The fourth-order valence-electron chi connectivity index (χ4n) is 1.85. The van der Waals surface area contributed by atoms with Crippen LogP contribution in [0.4, 0.5) is 0 Å². The number of methoxy groups -OCH3 is 1. The number of rotatable bonds is 10. The van der Waals surface area contributed by atoms with Gasteiger partial charge in [-0.1, -0.05) is 0 Å². The van der Waals surface area contributed by atoms with Gasteiger partial charge in [0, 0.05) is 38.6 Å². The lowest BCUT2D eigenvalue weighted by Gasteiger charge is -2.11. The Bertz CT molecular complexity index is 444. The summed E-state index contributed by atoms with van der Waals surface area (Å²) in [6.07, 6.45) is 3.85. The minimum atomic E-state index is 0. The molecule has 23 heavy (non-hydrogen) atoms. The second kappa shape index (κ2) is 14.5. The Morgan fingerprint density at radius 1 is 1.26 bits per heavy atom. The first kappa shape index (κ1) is 21.9. The van der Waals surface area contributed by atoms with E-state index in [1.165, 1.54) is 0 Å². The molecule has 0 saturated heterocycles. The fraction of sp³-hybridized carbons (Fsp3) is 0.625. The Balaban J connectivity index is 0.00000484. The topological polar surface area (TPSA) is 67.8 Å². The van der Waals surface area contributed by atoms with E-state index in [1.807, 2.05) is 19.1 Å². The number of guanidine groups is 1. The first-order chi connectivity index (χ1) is 10.8. The molecule has 1 aromatic rings. The molecule has 1 aromatic heterocycles. The molecule has 0 radical (unpaired) electrons. The summed E-state index contributed by atoms with van der Waals surface area (Å²) in [5, 5.41) is 6.58. The zero-order valence-electron chi connectivity index (χ0n) is 14.3. The summed E-state index contributed by atoms with van der Waals surface area (Å²) < 4.78 is 10.4. The number of ether oxygens (including phenoxy) is 2. The van der Waals surface area contributed by atoms with E-state index in [-0.39, 0.29) is 24.0 Å². The van der Waals surface area contributed by atoms with Gasteiger partial charge in [0.2, 0.25) is 5.88 Å². The summed E-state index contributed by atoms with van der Waals surface area (Å²) >= 11 is 0. The largest absolute Gasteiger partial charge is 0.481 e. The molecule has 0 spiro atoms. The average molecular weight is 436 g/mol. The van der Waals surface area contributed by atoms with Crippen molar-refractivity contribution in [2.24, 2.45) is 4.99 Å². The summed E-state index contributed by atoms with van der Waals surface area (Å²) in [5.41, 5.74) is 1.07. The molecule has 7 heteroatoms. The quantitative estimate of drug-likeness (QED) is 0.256. The molecule has 0 aliphatic carbocycles. The number of pyridine rings is 1. The van der Waals surface area contributed by atoms with Gasteiger partial charge in [0.25, 0.3) is 0 Å². The Hall–Kier alpha value is -1.09. The molecular weight excluding hydrogens is 407 g/mol. The van der Waals surface area contributed by atoms with Crippen LogP contribution < -0.4 is 15.4 Å². The van der Waals surface area contributed by atoms with Crippen molar-refractivity contribution in [1.29, 1.82) is 0 Å². The standard InChI is InChI=1S/C16H28N4O2.HI/c1-4-17-16(19-9-6-7-11-22-5-2)20-13-14-8-10-18-15(12-14)21-3;/h8,10,12H,4-7,9,11,13H2,1-3H3,(H2,17,19,20);1H. The number of nitrogens with one attached hydrogen (secondary N) is 2. The molecule has 1 rings (SSSR count). The minimum absolute atomic E-state index is 0. The Kier molecular flexibility index (Phi) is 13.8. The highest BCUT2D eigenvalue weighted by Gasteiger charge is 1.99. The number of unbranched alkanes of at least 4 members (excludes halogenated alkanes) is 1. The van der Waals surface area contributed by atoms with E-state index in [2.05, 4.69) is 27.5 Å². The highest BCUT2D eigenvalue weighted by Crippen LogP contribution is 2.09. The van der Waals surface area contributed by atoms with Gasteiger partial charge in [0.1, 0.15) is 0 Å². The van der Waals surface area contributed by atoms with Crippen LogP contribution in [0.5, 0.6) is 5.88 Å². The fourth-order valence-corrected chi connectivity index (χ4v) is 1.85. The predicted molar refractivity (Wildman–Crippen MR) is 105 cm³/mol. The third-order valence-corrected chi connectivity index (χ3v) is 2.98. The molecule has 0 atom stereocenters. The number of nitrogens with zero attached hydrogens (tertiary/aromatic N) is 2. The summed E-state index contributed by atoms with van der Waals surface area (Å²) in [5.74, 6) is 1.44. The van der Waals surface area contributed by atoms with Gasteiger partial charge < -0.3 is 20.1 Å². The third-order valence-electron chi connectivity index (χ3n) is 2.98. The maximum atomic E-state index is 5.32. The second-order valence-electron chi connectivity index (χ2n) is 4.73. The molecule has 132 valence electrons. The van der Waals surface area contributed by atoms with Gasteiger partial charge in [-0.3, -0.25) is 0 Å². The Morgan fingerprint density at radius 3 is 2.78 bits per heavy atom. The highest BCUT2D eigenvalue weighted by molar-refractivity contribution is 14.0. The molecule has 2 N–H and O–H groups in total. The monoisotopic (exact) mass is 436 g/mol. The van der Waals surface area contributed by atoms with E-state index >= 15 is 0 Å². The number of aliphatic imine (C=N–C) groups is 1. The van der Waals surface area contributed by atoms with Crippen molar-refractivity contribution in [1.82, 2.24) is 15.6 Å². The molecule has 1 heterocycles. The van der Waals surface area contributed by atoms with Crippen molar-refractivity contribution in [3.05, 3.63) is 23.9 Å². The van der Waals surface area contributed by atoms with E-state index in [1.54, 1.807) is 13.3 Å². The highest BCUT2D eigenvalue weighted by atomic mass is 127. The van der Waals surface area contributed by atoms with Crippen LogP contribution in [0.15, 0.2) is 23.3 Å². The number of hydrogen-bond donors (Lipinski definition) is 2. The van der Waals surface area contributed by atoms with Gasteiger partial charge >= 0.3 is 0 Å². The SMILES string of the molecule is CCNC(=NCc1ccnc(OC)c1)NCCCCOCC.I. The van der Waals surface area contributed by atoms with Crippen molar-refractivity contribution in [3.8, 4) is 5.88 Å². The first-order valence-corrected chi connectivity index (χ1v) is 7.89. The maximum absolute atomic E-state index is 5.32. The molecule has 0 aliphatic rings. The van der Waals surface area contributed by atoms with Crippen LogP contribution >= 0.6 is 24.0 Å². The normalized spacial score (nSPS) is 10.8. The number of halogens is 1. The molecule has 0 amide bonds. The van der Waals surface area contributed by atoms with Crippen molar-refractivity contribution in [2.45, 2.75) is 33.2 Å². The van der Waals surface area contributed by atoms with E-state index in [4.69, 9.17) is 9.47 Å². The number of hydrogen-bond acceptors (Lipinski definition) is 4. The Morgan fingerprint density at radius 2 is 2.09 bits per heavy atom. The van der Waals surface area contributed by atoms with Crippen LogP contribution in [0.1, 0.15) is 32.3 Å². The molecule has 0 aliphatic heterocycles. The smallest absolute Gasteiger partial charge is 0.213 e. The maximum Gasteiger partial charge on any atom is 0.213 e. The second-order valence-corrected chi connectivity index (χ2v) is 4.73. The van der Waals surface area contributed by atoms with Crippen LogP contribution in [0, 0.1) is 0 Å². The molecule has 0 unspecified atom stereocenters. The molecular formula is C16H29IN4O2. The van der Waals surface area contributed by atoms with Gasteiger partial charge in [0.05, 0.1) is 13.7 Å². The third kappa shape index (κ3) is 10.3. The average Bonchev–Trinajstić information content (AvgIpc) is 2.56. The van der Waals surface area contributed by atoms with Crippen molar-refractivity contribution in [2.75, 3.05) is 33.4 Å². The van der Waals surface area contributed by atoms with Crippen LogP contribution in [-0.2, 0) is 11.3 Å². The van der Waals surface area contributed by atoms with E-state index in [9.17, 15) is 0 Å². The van der Waals surface area contributed by atoms with E-state index in [0.29, 0.717) is 12.4 Å². The van der Waals surface area contributed by atoms with Gasteiger partial charge in [-0.15, -0.1) is 24.0 Å². The van der Waals surface area contributed by atoms with Gasteiger partial charge in [-0.2, -0.15) is 0 Å². The zero-order chi connectivity index (χ0) is 16.0. The van der Waals surface area contributed by atoms with Crippen LogP contribution in [-0.4, -0.2) is 44.4 Å². The van der Waals surface area contributed by atoms with E-state index in [0.717, 1.165) is 50.7 Å². The lowest BCUT2D eigenvalue weighted by Crippen LogP contribution is -2.37. The lowest BCUT2D eigenvalue weighted by molar-refractivity contribution is 0.143. The lowest BCUT2D eigenvalue weighted by atomic mass is 10.3. The van der Waals surface area contributed by atoms with E-state index < -0.39 is 0 Å². The molecule has 6 nitrogen and oxygen atoms in total. The minimum Gasteiger partial charge on any atom is -0.481 e. The summed E-state index contributed by atoms with van der Waals surface area (Å²) in [6, 6.07) is 3.84. The zero-order valence-corrected chi connectivity index (χ0v) is 16.6. The van der Waals surface area contributed by atoms with Crippen LogP contribution in [0.3, 0.4) is 0 Å². The first-order valence-electron chi connectivity index (χ1n) is 7.89. The van der Waals surface area contributed by atoms with Crippen molar-refractivity contribution < 1.29 is 9.47 Å².